The SMILES string of the molecule is CCC#CCOc1ccc(C)cc1F.O=C([O-])C(F)(F)F. The molecule has 0 spiro atoms. The normalized spacial score (nSPS) is 9.81. The molecule has 7 heteroatoms. The van der Waals surface area contributed by atoms with Crippen LogP contribution in [0.25, 0.3) is 0 Å². The number of ether oxygens (including phenoxy) is 1. The molecule has 0 saturated heterocycles. The molecule has 0 bridgehead atoms. The summed E-state index contributed by atoms with van der Waals surface area (Å²) in [5, 5.41) is 8.78. The van der Waals surface area contributed by atoms with Crippen molar-refractivity contribution in [3.8, 4) is 17.6 Å². The van der Waals surface area contributed by atoms with Gasteiger partial charge in [0, 0.05) is 6.42 Å². The molecule has 116 valence electrons. The second kappa shape index (κ2) is 8.84. The highest BCUT2D eigenvalue weighted by molar-refractivity contribution is 5.70. The summed E-state index contributed by atoms with van der Waals surface area (Å²) in [5.74, 6) is 2.57. The molecule has 1 rings (SSSR count). The van der Waals surface area contributed by atoms with Crippen molar-refractivity contribution >= 4 is 5.97 Å². The van der Waals surface area contributed by atoms with E-state index in [1.54, 1.807) is 6.07 Å². The summed E-state index contributed by atoms with van der Waals surface area (Å²) in [7, 11) is 0. The molecule has 0 fully saturated rings. The predicted octanol–water partition coefficient (Wildman–Crippen LogP) is 2.22. The summed E-state index contributed by atoms with van der Waals surface area (Å²) in [4.78, 5) is 8.78. The Morgan fingerprint density at radius 3 is 2.33 bits per heavy atom. The Kier molecular flexibility index (Phi) is 7.91. The topological polar surface area (TPSA) is 49.4 Å². The van der Waals surface area contributed by atoms with Gasteiger partial charge in [0.05, 0.1) is 0 Å². The molecule has 0 aliphatic heterocycles. The number of rotatable bonds is 2. The Morgan fingerprint density at radius 2 is 1.90 bits per heavy atom. The maximum Gasteiger partial charge on any atom is 0.430 e. The van der Waals surface area contributed by atoms with Crippen LogP contribution in [0.15, 0.2) is 18.2 Å². The third-order valence-electron chi connectivity index (χ3n) is 1.92. The fourth-order valence-electron chi connectivity index (χ4n) is 1.01. The zero-order chi connectivity index (χ0) is 16.5. The molecule has 0 saturated carbocycles. The van der Waals surface area contributed by atoms with Gasteiger partial charge in [-0.05, 0) is 24.6 Å². The number of halogens is 4. The molecule has 3 nitrogen and oxygen atoms in total. The van der Waals surface area contributed by atoms with Crippen molar-refractivity contribution in [3.05, 3.63) is 29.6 Å². The number of benzene rings is 1. The maximum atomic E-state index is 13.2. The van der Waals surface area contributed by atoms with Gasteiger partial charge in [-0.2, -0.15) is 13.2 Å². The van der Waals surface area contributed by atoms with Gasteiger partial charge in [-0.25, -0.2) is 4.39 Å². The van der Waals surface area contributed by atoms with Crippen LogP contribution in [-0.4, -0.2) is 18.8 Å². The predicted molar refractivity (Wildman–Crippen MR) is 65.8 cm³/mol. The minimum Gasteiger partial charge on any atom is -0.542 e. The Hall–Kier alpha value is -2.23. The fourth-order valence-corrected chi connectivity index (χ4v) is 1.01. The minimum absolute atomic E-state index is 0.244. The van der Waals surface area contributed by atoms with E-state index in [4.69, 9.17) is 14.6 Å². The maximum absolute atomic E-state index is 13.2. The van der Waals surface area contributed by atoms with Crippen LogP contribution in [0.4, 0.5) is 17.6 Å². The summed E-state index contributed by atoms with van der Waals surface area (Å²) in [6, 6.07) is 4.88. The molecule has 0 radical (unpaired) electrons. The number of hydrogen-bond donors (Lipinski definition) is 0. The minimum atomic E-state index is -5.19. The quantitative estimate of drug-likeness (QED) is 0.622. The molecule has 1 aromatic carbocycles. The molecule has 0 amide bonds. The van der Waals surface area contributed by atoms with Crippen molar-refractivity contribution < 1.29 is 32.2 Å². The van der Waals surface area contributed by atoms with Crippen molar-refractivity contribution in [2.75, 3.05) is 6.61 Å². The third kappa shape index (κ3) is 8.52. The van der Waals surface area contributed by atoms with Crippen molar-refractivity contribution in [3.63, 3.8) is 0 Å². The summed E-state index contributed by atoms with van der Waals surface area (Å²) >= 11 is 0. The third-order valence-corrected chi connectivity index (χ3v) is 1.92. The number of hydrogen-bond acceptors (Lipinski definition) is 3. The number of carboxylic acids is 1. The lowest BCUT2D eigenvalue weighted by molar-refractivity contribution is -0.344. The molecule has 0 unspecified atom stereocenters. The molecular formula is C14H13F4O3-. The molecule has 0 heterocycles. The van der Waals surface area contributed by atoms with Crippen LogP contribution < -0.4 is 9.84 Å². The van der Waals surface area contributed by atoms with E-state index in [2.05, 4.69) is 11.8 Å². The molecule has 0 aromatic heterocycles. The Balaban J connectivity index is 0.000000486. The number of aryl methyl sites for hydroxylation is 1. The molecular weight excluding hydrogens is 292 g/mol. The second-order valence-electron chi connectivity index (χ2n) is 3.71. The molecule has 0 aliphatic rings. The first kappa shape index (κ1) is 18.8. The van der Waals surface area contributed by atoms with Gasteiger partial charge in [-0.3, -0.25) is 0 Å². The summed E-state index contributed by atoms with van der Waals surface area (Å²) in [6.45, 7) is 4.04. The van der Waals surface area contributed by atoms with E-state index >= 15 is 0 Å². The van der Waals surface area contributed by atoms with Gasteiger partial charge >= 0.3 is 6.18 Å². The Morgan fingerprint density at radius 1 is 1.33 bits per heavy atom. The van der Waals surface area contributed by atoms with Crippen molar-refractivity contribution in [2.24, 2.45) is 0 Å². The van der Waals surface area contributed by atoms with Gasteiger partial charge in [0.25, 0.3) is 0 Å². The van der Waals surface area contributed by atoms with Gasteiger partial charge in [-0.1, -0.05) is 18.9 Å². The monoisotopic (exact) mass is 305 g/mol. The Labute approximate surface area is 119 Å². The molecule has 1 aromatic rings. The van der Waals surface area contributed by atoms with Crippen LogP contribution in [0.5, 0.6) is 5.75 Å². The average Bonchev–Trinajstić information content (AvgIpc) is 2.36. The summed E-state index contributed by atoms with van der Waals surface area (Å²) in [6.07, 6.45) is -4.40. The van der Waals surface area contributed by atoms with Crippen LogP contribution in [0.1, 0.15) is 18.9 Å². The zero-order valence-corrected chi connectivity index (χ0v) is 11.4. The summed E-state index contributed by atoms with van der Waals surface area (Å²) < 4.78 is 49.9. The molecule has 0 aliphatic carbocycles. The van der Waals surface area contributed by atoms with Crippen LogP contribution in [0.2, 0.25) is 0 Å². The fraction of sp³-hybridized carbons (Fsp3) is 0.357. The van der Waals surface area contributed by atoms with Crippen LogP contribution in [-0.2, 0) is 4.79 Å². The average molecular weight is 305 g/mol. The highest BCUT2D eigenvalue weighted by Crippen LogP contribution is 2.17. The first-order valence-electron chi connectivity index (χ1n) is 5.81. The van der Waals surface area contributed by atoms with Crippen molar-refractivity contribution in [1.29, 1.82) is 0 Å². The molecule has 0 N–H and O–H groups in total. The lowest BCUT2D eigenvalue weighted by Crippen LogP contribution is -2.37. The molecule has 21 heavy (non-hydrogen) atoms. The largest absolute Gasteiger partial charge is 0.542 e. The smallest absolute Gasteiger partial charge is 0.430 e. The first-order valence-corrected chi connectivity index (χ1v) is 5.81. The van der Waals surface area contributed by atoms with E-state index in [1.165, 1.54) is 6.07 Å². The van der Waals surface area contributed by atoms with Gasteiger partial charge in [0.2, 0.25) is 0 Å². The van der Waals surface area contributed by atoms with Crippen LogP contribution in [0.3, 0.4) is 0 Å². The number of alkyl halides is 3. The lowest BCUT2D eigenvalue weighted by atomic mass is 10.2. The highest BCUT2D eigenvalue weighted by atomic mass is 19.4. The Bertz CT molecular complexity index is 527. The van der Waals surface area contributed by atoms with Crippen LogP contribution >= 0.6 is 0 Å². The zero-order valence-electron chi connectivity index (χ0n) is 11.4. The second-order valence-corrected chi connectivity index (χ2v) is 3.71. The summed E-state index contributed by atoms with van der Waals surface area (Å²) in [5.41, 5.74) is 0.884. The van der Waals surface area contributed by atoms with Crippen molar-refractivity contribution in [2.45, 2.75) is 26.4 Å². The molecule has 0 atom stereocenters. The van der Waals surface area contributed by atoms with Crippen LogP contribution in [0, 0.1) is 24.6 Å². The van der Waals surface area contributed by atoms with Gasteiger partial charge in [-0.15, -0.1) is 5.92 Å². The van der Waals surface area contributed by atoms with E-state index in [0.717, 1.165) is 12.0 Å². The van der Waals surface area contributed by atoms with Gasteiger partial charge < -0.3 is 14.6 Å². The van der Waals surface area contributed by atoms with Gasteiger partial charge in [0.15, 0.2) is 11.6 Å². The lowest BCUT2D eigenvalue weighted by Gasteiger charge is -2.03. The van der Waals surface area contributed by atoms with Crippen molar-refractivity contribution in [1.82, 2.24) is 0 Å². The number of aliphatic carboxylic acids is 1. The number of carbonyl (C=O) groups excluding carboxylic acids is 1. The first-order chi connectivity index (χ1) is 9.68. The van der Waals surface area contributed by atoms with E-state index < -0.39 is 12.1 Å². The van der Waals surface area contributed by atoms with E-state index in [1.807, 2.05) is 19.9 Å². The highest BCUT2D eigenvalue weighted by Gasteiger charge is 2.28. The van der Waals surface area contributed by atoms with E-state index in [-0.39, 0.29) is 18.2 Å². The number of carboxylic acid groups (broad SMARTS) is 1. The van der Waals surface area contributed by atoms with E-state index in [9.17, 15) is 17.6 Å². The van der Waals surface area contributed by atoms with Gasteiger partial charge in [0.1, 0.15) is 12.6 Å². The van der Waals surface area contributed by atoms with E-state index in [0.29, 0.717) is 0 Å². The number of carbonyl (C=O) groups is 1. The standard InChI is InChI=1S/C12H13FO.C2HF3O2/c1-3-4-5-8-14-12-7-6-10(2)9-11(12)13;3-2(4,5)1(6)7/h6-7,9H,3,8H2,1-2H3;(H,6,7)/p-1.